The molecule has 1 N–H and O–H groups in total. The van der Waals surface area contributed by atoms with Crippen LogP contribution in [-0.2, 0) is 0 Å². The molecule has 0 unspecified atom stereocenters. The Labute approximate surface area is 156 Å². The Morgan fingerprint density at radius 2 is 1.88 bits per heavy atom. The van der Waals surface area contributed by atoms with Gasteiger partial charge in [-0.2, -0.15) is 4.98 Å². The van der Waals surface area contributed by atoms with Crippen molar-refractivity contribution in [3.05, 3.63) is 64.2 Å². The fourth-order valence-electron chi connectivity index (χ4n) is 2.71. The second-order valence-corrected chi connectivity index (χ2v) is 7.16. The number of anilines is 1. The highest BCUT2D eigenvalue weighted by molar-refractivity contribution is 6.42. The van der Waals surface area contributed by atoms with E-state index in [4.69, 9.17) is 27.7 Å². The van der Waals surface area contributed by atoms with E-state index in [0.29, 0.717) is 21.9 Å². The molecular weight excluding hydrogens is 357 g/mol. The smallest absolute Gasteiger partial charge is 0.248 e. The minimum Gasteiger partial charge on any atom is -0.374 e. The number of aromatic nitrogens is 2. The summed E-state index contributed by atoms with van der Waals surface area (Å²) < 4.78 is 5.39. The van der Waals surface area contributed by atoms with Gasteiger partial charge in [-0.25, -0.2) is 0 Å². The van der Waals surface area contributed by atoms with E-state index in [1.54, 1.807) is 6.07 Å². The average molecular weight is 374 g/mol. The zero-order valence-electron chi connectivity index (χ0n) is 13.7. The third-order valence-electron chi connectivity index (χ3n) is 4.27. The van der Waals surface area contributed by atoms with Crippen molar-refractivity contribution in [3.63, 3.8) is 0 Å². The predicted octanol–water partition coefficient (Wildman–Crippen LogP) is 6.09. The number of halogens is 2. The first kappa shape index (κ1) is 16.4. The van der Waals surface area contributed by atoms with Crippen LogP contribution in [0.25, 0.3) is 11.1 Å². The summed E-state index contributed by atoms with van der Waals surface area (Å²) in [5.74, 6) is 1.93. The average Bonchev–Trinajstić information content (AvgIpc) is 3.34. The molecule has 4 nitrogen and oxygen atoms in total. The molecular formula is C19H17Cl2N3O. The summed E-state index contributed by atoms with van der Waals surface area (Å²) >= 11 is 12.1. The van der Waals surface area contributed by atoms with Gasteiger partial charge in [-0.3, -0.25) is 0 Å². The van der Waals surface area contributed by atoms with Crippen LogP contribution in [0.1, 0.15) is 43.4 Å². The molecule has 25 heavy (non-hydrogen) atoms. The topological polar surface area (TPSA) is 51.0 Å². The number of nitrogens with one attached hydrogen (secondary N) is 1. The first-order valence-corrected chi connectivity index (χ1v) is 9.01. The summed E-state index contributed by atoms with van der Waals surface area (Å²) in [5, 5.41) is 8.58. The summed E-state index contributed by atoms with van der Waals surface area (Å²) in [6.07, 6.45) is 2.32. The third-order valence-corrected chi connectivity index (χ3v) is 5.01. The van der Waals surface area contributed by atoms with Gasteiger partial charge in [-0.05, 0) is 55.2 Å². The fourth-order valence-corrected chi connectivity index (χ4v) is 3.00. The molecule has 0 bridgehead atoms. The van der Waals surface area contributed by atoms with Gasteiger partial charge in [0.25, 0.3) is 0 Å². The van der Waals surface area contributed by atoms with Gasteiger partial charge in [0.05, 0.1) is 10.0 Å². The molecule has 6 heteroatoms. The lowest BCUT2D eigenvalue weighted by atomic mass is 10.0. The monoisotopic (exact) mass is 373 g/mol. The number of benzene rings is 2. The molecule has 1 aliphatic rings. The summed E-state index contributed by atoms with van der Waals surface area (Å²) in [6, 6.07) is 13.7. The van der Waals surface area contributed by atoms with E-state index in [-0.39, 0.29) is 6.04 Å². The lowest BCUT2D eigenvalue weighted by molar-refractivity contribution is 0.363. The number of hydrogen-bond acceptors (Lipinski definition) is 4. The molecule has 0 saturated heterocycles. The molecule has 0 radical (unpaired) electrons. The van der Waals surface area contributed by atoms with Gasteiger partial charge in [0, 0.05) is 11.6 Å². The van der Waals surface area contributed by atoms with Crippen molar-refractivity contribution in [2.45, 2.75) is 31.7 Å². The summed E-state index contributed by atoms with van der Waals surface area (Å²) in [7, 11) is 0. The van der Waals surface area contributed by atoms with Crippen molar-refractivity contribution in [2.24, 2.45) is 0 Å². The first-order chi connectivity index (χ1) is 12.1. The molecule has 1 heterocycles. The minimum atomic E-state index is -0.0657. The van der Waals surface area contributed by atoms with Crippen LogP contribution in [0.4, 0.5) is 5.69 Å². The van der Waals surface area contributed by atoms with Crippen LogP contribution in [0.3, 0.4) is 0 Å². The fraction of sp³-hybridized carbons (Fsp3) is 0.263. The van der Waals surface area contributed by atoms with Crippen LogP contribution >= 0.6 is 23.2 Å². The van der Waals surface area contributed by atoms with Crippen molar-refractivity contribution in [1.29, 1.82) is 0 Å². The zero-order valence-corrected chi connectivity index (χ0v) is 15.2. The molecule has 1 aliphatic carbocycles. The maximum absolute atomic E-state index is 6.13. The van der Waals surface area contributed by atoms with Gasteiger partial charge in [0.1, 0.15) is 6.04 Å². The molecule has 0 aliphatic heterocycles. The zero-order chi connectivity index (χ0) is 17.4. The second kappa shape index (κ2) is 6.70. The molecule has 1 saturated carbocycles. The van der Waals surface area contributed by atoms with E-state index < -0.39 is 0 Å². The van der Waals surface area contributed by atoms with Gasteiger partial charge in [0.15, 0.2) is 5.82 Å². The standard InChI is InChI=1S/C19H17Cl2N3O/c1-11(19-23-18(24-25-19)12-5-6-12)22-15-4-2-3-13(9-15)14-7-8-16(20)17(21)10-14/h2-4,7-12,22H,5-6H2,1H3/t11-/m1/s1. The highest BCUT2D eigenvalue weighted by atomic mass is 35.5. The normalized spacial score (nSPS) is 15.2. The van der Waals surface area contributed by atoms with E-state index in [1.807, 2.05) is 37.3 Å². The largest absolute Gasteiger partial charge is 0.374 e. The highest BCUT2D eigenvalue weighted by Gasteiger charge is 2.29. The van der Waals surface area contributed by atoms with Crippen LogP contribution in [0.5, 0.6) is 0 Å². The van der Waals surface area contributed by atoms with Crippen molar-refractivity contribution in [2.75, 3.05) is 5.32 Å². The Hall–Kier alpha value is -2.04. The molecule has 0 spiro atoms. The molecule has 1 aromatic heterocycles. The quantitative estimate of drug-likeness (QED) is 0.587. The summed E-state index contributed by atoms with van der Waals surface area (Å²) in [4.78, 5) is 4.50. The Balaban J connectivity index is 1.53. The summed E-state index contributed by atoms with van der Waals surface area (Å²) in [6.45, 7) is 2.01. The van der Waals surface area contributed by atoms with Gasteiger partial charge >= 0.3 is 0 Å². The summed E-state index contributed by atoms with van der Waals surface area (Å²) in [5.41, 5.74) is 3.04. The maximum Gasteiger partial charge on any atom is 0.248 e. The predicted molar refractivity (Wildman–Crippen MR) is 100 cm³/mol. The first-order valence-electron chi connectivity index (χ1n) is 8.25. The van der Waals surface area contributed by atoms with E-state index >= 15 is 0 Å². The molecule has 2 aromatic carbocycles. The van der Waals surface area contributed by atoms with Crippen LogP contribution in [-0.4, -0.2) is 10.1 Å². The lowest BCUT2D eigenvalue weighted by Crippen LogP contribution is -2.07. The van der Waals surface area contributed by atoms with Gasteiger partial charge in [0.2, 0.25) is 5.89 Å². The second-order valence-electron chi connectivity index (χ2n) is 6.34. The Morgan fingerprint density at radius 1 is 1.08 bits per heavy atom. The lowest BCUT2D eigenvalue weighted by Gasteiger charge is -2.12. The number of rotatable bonds is 5. The Morgan fingerprint density at radius 3 is 2.64 bits per heavy atom. The molecule has 128 valence electrons. The van der Waals surface area contributed by atoms with Crippen molar-refractivity contribution >= 4 is 28.9 Å². The van der Waals surface area contributed by atoms with Crippen molar-refractivity contribution in [3.8, 4) is 11.1 Å². The number of nitrogens with zero attached hydrogens (tertiary/aromatic N) is 2. The SMILES string of the molecule is C[C@@H](Nc1cccc(-c2ccc(Cl)c(Cl)c2)c1)c1nc(C2CC2)no1. The molecule has 3 aromatic rings. The minimum absolute atomic E-state index is 0.0657. The number of hydrogen-bond donors (Lipinski definition) is 1. The van der Waals surface area contributed by atoms with Crippen LogP contribution < -0.4 is 5.32 Å². The van der Waals surface area contributed by atoms with Crippen LogP contribution in [0, 0.1) is 0 Å². The van der Waals surface area contributed by atoms with E-state index in [0.717, 1.165) is 35.5 Å². The highest BCUT2D eigenvalue weighted by Crippen LogP contribution is 2.38. The van der Waals surface area contributed by atoms with Crippen molar-refractivity contribution in [1.82, 2.24) is 10.1 Å². The Bertz CT molecular complexity index is 905. The van der Waals surface area contributed by atoms with E-state index in [1.165, 1.54) is 0 Å². The Kier molecular flexibility index (Phi) is 4.40. The maximum atomic E-state index is 6.13. The van der Waals surface area contributed by atoms with E-state index in [9.17, 15) is 0 Å². The van der Waals surface area contributed by atoms with Crippen molar-refractivity contribution < 1.29 is 4.52 Å². The van der Waals surface area contributed by atoms with Gasteiger partial charge in [-0.1, -0.05) is 46.6 Å². The van der Waals surface area contributed by atoms with Gasteiger partial charge in [-0.15, -0.1) is 0 Å². The van der Waals surface area contributed by atoms with E-state index in [2.05, 4.69) is 21.5 Å². The molecule has 4 rings (SSSR count). The molecule has 0 amide bonds. The molecule has 1 fully saturated rings. The molecule has 1 atom stereocenters. The van der Waals surface area contributed by atoms with Crippen LogP contribution in [0.15, 0.2) is 47.0 Å². The van der Waals surface area contributed by atoms with Crippen LogP contribution in [0.2, 0.25) is 10.0 Å². The van der Waals surface area contributed by atoms with Gasteiger partial charge < -0.3 is 9.84 Å². The third kappa shape index (κ3) is 3.65.